The summed E-state index contributed by atoms with van der Waals surface area (Å²) < 4.78 is 4.63. The molecular formula is C28H35Cl2N3O6. The highest BCUT2D eigenvalue weighted by molar-refractivity contribution is 6.36. The zero-order valence-electron chi connectivity index (χ0n) is 22.3. The topological polar surface area (TPSA) is 119 Å². The van der Waals surface area contributed by atoms with E-state index in [-0.39, 0.29) is 35.8 Å². The molecule has 2 aromatic rings. The third kappa shape index (κ3) is 8.24. The molecule has 0 radical (unpaired) electrons. The highest BCUT2D eigenvalue weighted by atomic mass is 35.5. The monoisotopic (exact) mass is 579 g/mol. The van der Waals surface area contributed by atoms with Crippen molar-refractivity contribution in [2.24, 2.45) is 5.92 Å². The van der Waals surface area contributed by atoms with Crippen molar-refractivity contribution in [3.63, 3.8) is 0 Å². The fourth-order valence-corrected chi connectivity index (χ4v) is 5.58. The van der Waals surface area contributed by atoms with E-state index in [4.69, 9.17) is 28.3 Å². The summed E-state index contributed by atoms with van der Waals surface area (Å²) in [4.78, 5) is 37.5. The standard InChI is InChI=1S/C24H25Cl2NO5.C4H10N2O/c25-21-12-16(14-1-7-19(8-2-14)32-24(30)31)13-22(26)20(21)11-15-9-10-27(23(15)29)17-3-5-18(28)6-4-17;1-5-4(7)6(2)3/h1-2,7-8,12-13,15,17-18,28H,3-6,9-11H2,(H,30,31);1-3H3,(H,5,7)/t15-,17?,18?;/m0./s1. The molecule has 2 aliphatic rings. The Bertz CT molecular complexity index is 1140. The third-order valence-electron chi connectivity index (χ3n) is 7.06. The van der Waals surface area contributed by atoms with Crippen LogP contribution in [-0.2, 0) is 11.2 Å². The molecule has 1 aliphatic carbocycles. The number of urea groups is 1. The van der Waals surface area contributed by atoms with Crippen LogP contribution in [0.25, 0.3) is 11.1 Å². The molecule has 9 nitrogen and oxygen atoms in total. The van der Waals surface area contributed by atoms with Crippen LogP contribution in [0.4, 0.5) is 9.59 Å². The number of benzene rings is 2. The van der Waals surface area contributed by atoms with Crippen molar-refractivity contribution in [2.45, 2.75) is 50.7 Å². The molecule has 0 aromatic heterocycles. The number of rotatable bonds is 5. The largest absolute Gasteiger partial charge is 0.511 e. The average Bonchev–Trinajstić information content (AvgIpc) is 3.26. The predicted molar refractivity (Wildman–Crippen MR) is 150 cm³/mol. The molecule has 39 heavy (non-hydrogen) atoms. The van der Waals surface area contributed by atoms with Crippen LogP contribution in [0.3, 0.4) is 0 Å². The van der Waals surface area contributed by atoms with E-state index >= 15 is 0 Å². The Balaban J connectivity index is 0.000000532. The number of ether oxygens (including phenoxy) is 1. The van der Waals surface area contributed by atoms with E-state index in [0.29, 0.717) is 16.5 Å². The van der Waals surface area contributed by atoms with Crippen LogP contribution < -0.4 is 10.1 Å². The lowest BCUT2D eigenvalue weighted by molar-refractivity contribution is -0.133. The number of nitrogens with zero attached hydrogens (tertiary/aromatic N) is 2. The van der Waals surface area contributed by atoms with Crippen LogP contribution in [0.2, 0.25) is 10.0 Å². The van der Waals surface area contributed by atoms with Gasteiger partial charge in [-0.05, 0) is 79.5 Å². The molecule has 0 unspecified atom stereocenters. The van der Waals surface area contributed by atoms with Crippen molar-refractivity contribution in [1.29, 1.82) is 0 Å². The average molecular weight is 581 g/mol. The van der Waals surface area contributed by atoms with Gasteiger partial charge < -0.3 is 30.1 Å². The van der Waals surface area contributed by atoms with Gasteiger partial charge >= 0.3 is 12.2 Å². The molecule has 1 saturated heterocycles. The lowest BCUT2D eigenvalue weighted by Gasteiger charge is -2.33. The van der Waals surface area contributed by atoms with Gasteiger partial charge in [-0.15, -0.1) is 0 Å². The van der Waals surface area contributed by atoms with Crippen molar-refractivity contribution < 1.29 is 29.3 Å². The lowest BCUT2D eigenvalue weighted by Crippen LogP contribution is -2.41. The number of carboxylic acid groups (broad SMARTS) is 1. The number of aliphatic hydroxyl groups excluding tert-OH is 1. The summed E-state index contributed by atoms with van der Waals surface area (Å²) in [6.07, 6.45) is 2.87. The lowest BCUT2D eigenvalue weighted by atomic mass is 9.92. The number of amides is 3. The van der Waals surface area contributed by atoms with Crippen LogP contribution in [0, 0.1) is 5.92 Å². The number of nitrogens with one attached hydrogen (secondary N) is 1. The van der Waals surface area contributed by atoms with Gasteiger partial charge in [0.25, 0.3) is 0 Å². The molecule has 0 bridgehead atoms. The van der Waals surface area contributed by atoms with Gasteiger partial charge in [0.05, 0.1) is 6.10 Å². The summed E-state index contributed by atoms with van der Waals surface area (Å²) in [5, 5.41) is 21.9. The Morgan fingerprint density at radius 2 is 1.62 bits per heavy atom. The molecule has 1 atom stereocenters. The Hall–Kier alpha value is -3.01. The van der Waals surface area contributed by atoms with E-state index in [1.54, 1.807) is 45.4 Å². The van der Waals surface area contributed by atoms with Crippen molar-refractivity contribution in [3.8, 4) is 16.9 Å². The number of halogens is 2. The van der Waals surface area contributed by atoms with E-state index in [0.717, 1.165) is 55.3 Å². The second-order valence-electron chi connectivity index (χ2n) is 9.94. The van der Waals surface area contributed by atoms with Gasteiger partial charge in [-0.25, -0.2) is 9.59 Å². The maximum Gasteiger partial charge on any atom is 0.511 e. The first kappa shape index (κ1) is 30.5. The molecule has 1 aliphatic heterocycles. The third-order valence-corrected chi connectivity index (χ3v) is 7.74. The Labute approximate surface area is 238 Å². The minimum atomic E-state index is -1.37. The minimum Gasteiger partial charge on any atom is -0.449 e. The molecule has 4 rings (SSSR count). The molecular weight excluding hydrogens is 545 g/mol. The van der Waals surface area contributed by atoms with Crippen molar-refractivity contribution in [3.05, 3.63) is 52.0 Å². The summed E-state index contributed by atoms with van der Waals surface area (Å²) in [5.41, 5.74) is 2.38. The predicted octanol–water partition coefficient (Wildman–Crippen LogP) is 5.30. The fourth-order valence-electron chi connectivity index (χ4n) is 4.94. The highest BCUT2D eigenvalue weighted by Crippen LogP contribution is 2.37. The molecule has 1 saturated carbocycles. The number of hydrogen-bond donors (Lipinski definition) is 3. The fraction of sp³-hybridized carbons (Fsp3) is 0.464. The van der Waals surface area contributed by atoms with Crippen LogP contribution >= 0.6 is 23.2 Å². The summed E-state index contributed by atoms with van der Waals surface area (Å²) in [7, 11) is 4.99. The van der Waals surface area contributed by atoms with Crippen molar-refractivity contribution in [2.75, 3.05) is 27.7 Å². The molecule has 3 N–H and O–H groups in total. The van der Waals surface area contributed by atoms with Gasteiger partial charge in [-0.2, -0.15) is 0 Å². The molecule has 11 heteroatoms. The summed E-state index contributed by atoms with van der Waals surface area (Å²) in [6, 6.07) is 10.4. The van der Waals surface area contributed by atoms with Gasteiger partial charge in [0.2, 0.25) is 5.91 Å². The minimum absolute atomic E-state index is 0.0694. The van der Waals surface area contributed by atoms with Crippen molar-refractivity contribution >= 4 is 41.3 Å². The number of carbonyl (C=O) groups is 3. The van der Waals surface area contributed by atoms with E-state index in [9.17, 15) is 19.5 Å². The first-order valence-corrected chi connectivity index (χ1v) is 13.6. The Morgan fingerprint density at radius 1 is 1.03 bits per heavy atom. The number of likely N-dealkylation sites (tertiary alicyclic amines) is 1. The first-order chi connectivity index (χ1) is 18.5. The van der Waals surface area contributed by atoms with E-state index in [1.165, 1.54) is 4.90 Å². The highest BCUT2D eigenvalue weighted by Gasteiger charge is 2.37. The van der Waals surface area contributed by atoms with Crippen LogP contribution in [-0.4, -0.2) is 77.9 Å². The molecule has 212 valence electrons. The smallest absolute Gasteiger partial charge is 0.449 e. The molecule has 1 heterocycles. The molecule has 2 fully saturated rings. The maximum absolute atomic E-state index is 13.0. The Morgan fingerprint density at radius 3 is 2.10 bits per heavy atom. The quantitative estimate of drug-likeness (QED) is 0.326. The van der Waals surface area contributed by atoms with E-state index in [1.807, 2.05) is 17.0 Å². The number of hydrogen-bond acceptors (Lipinski definition) is 5. The van der Waals surface area contributed by atoms with Crippen LogP contribution in [0.1, 0.15) is 37.7 Å². The van der Waals surface area contributed by atoms with E-state index in [2.05, 4.69) is 10.1 Å². The molecule has 2 aromatic carbocycles. The summed E-state index contributed by atoms with van der Waals surface area (Å²) in [6.45, 7) is 0.738. The van der Waals surface area contributed by atoms with E-state index < -0.39 is 6.16 Å². The summed E-state index contributed by atoms with van der Waals surface area (Å²) >= 11 is 13.1. The van der Waals surface area contributed by atoms with Gasteiger partial charge in [-0.1, -0.05) is 35.3 Å². The molecule has 3 amide bonds. The normalized spacial score (nSPS) is 20.6. The first-order valence-electron chi connectivity index (χ1n) is 12.9. The molecule has 0 spiro atoms. The Kier molecular flexibility index (Phi) is 10.9. The maximum atomic E-state index is 13.0. The zero-order chi connectivity index (χ0) is 28.7. The zero-order valence-corrected chi connectivity index (χ0v) is 23.8. The van der Waals surface area contributed by atoms with Crippen LogP contribution in [0.5, 0.6) is 5.75 Å². The number of carbonyl (C=O) groups excluding carboxylic acids is 2. The summed E-state index contributed by atoms with van der Waals surface area (Å²) in [5.74, 6) is 0.235. The second kappa shape index (κ2) is 13.9. The van der Waals surface area contributed by atoms with Crippen molar-refractivity contribution in [1.82, 2.24) is 15.1 Å². The van der Waals surface area contributed by atoms with Gasteiger partial charge in [0.15, 0.2) is 0 Å². The van der Waals surface area contributed by atoms with Gasteiger partial charge in [-0.3, -0.25) is 4.79 Å². The second-order valence-corrected chi connectivity index (χ2v) is 10.8. The van der Waals surface area contributed by atoms with Gasteiger partial charge in [0, 0.05) is 49.7 Å². The SMILES string of the molecule is CNC(=O)N(C)C.O=C(O)Oc1ccc(-c2cc(Cl)c(C[C@@H]3CCN(C4CCC(O)CC4)C3=O)c(Cl)c2)cc1. The number of aliphatic hydroxyl groups is 1. The van der Waals surface area contributed by atoms with Gasteiger partial charge in [0.1, 0.15) is 5.75 Å². The van der Waals surface area contributed by atoms with Crippen LogP contribution in [0.15, 0.2) is 36.4 Å².